The van der Waals surface area contributed by atoms with E-state index in [4.69, 9.17) is 11.6 Å². The van der Waals surface area contributed by atoms with Crippen LogP contribution in [0.2, 0.25) is 5.02 Å². The summed E-state index contributed by atoms with van der Waals surface area (Å²) in [7, 11) is 0. The van der Waals surface area contributed by atoms with Gasteiger partial charge in [0.25, 0.3) is 5.91 Å². The van der Waals surface area contributed by atoms with Crippen molar-refractivity contribution in [2.45, 2.75) is 6.92 Å². The molecular weight excluding hydrogens is 286 g/mol. The Kier molecular flexibility index (Phi) is 5.01. The first-order valence-corrected chi connectivity index (χ1v) is 7.02. The van der Waals surface area contributed by atoms with Crippen LogP contribution in [0.3, 0.4) is 0 Å². The molecule has 0 aromatic heterocycles. The maximum atomic E-state index is 12.3. The molecule has 2 aromatic carbocycles. The lowest BCUT2D eigenvalue weighted by Gasteiger charge is -2.19. The molecule has 0 unspecified atom stereocenters. The number of hydrogen-bond acceptors (Lipinski definition) is 2. The number of anilines is 1. The Morgan fingerprint density at radius 3 is 2.57 bits per heavy atom. The Bertz CT molecular complexity index is 650. The molecular formula is C17H16ClNO2. The molecule has 0 saturated carbocycles. The lowest BCUT2D eigenvalue weighted by molar-refractivity contribution is -0.114. The molecule has 0 bridgehead atoms. The lowest BCUT2D eigenvalue weighted by atomic mass is 10.2. The Balaban J connectivity index is 2.15. The van der Waals surface area contributed by atoms with Crippen LogP contribution in [0.25, 0.3) is 6.08 Å². The Labute approximate surface area is 129 Å². The van der Waals surface area contributed by atoms with E-state index in [0.717, 1.165) is 5.56 Å². The molecule has 0 spiro atoms. The number of phenols is 1. The van der Waals surface area contributed by atoms with E-state index in [0.29, 0.717) is 17.3 Å². The van der Waals surface area contributed by atoms with E-state index in [1.165, 1.54) is 6.08 Å². The van der Waals surface area contributed by atoms with Gasteiger partial charge in [-0.15, -0.1) is 0 Å². The molecule has 1 N–H and O–H groups in total. The van der Waals surface area contributed by atoms with E-state index >= 15 is 0 Å². The minimum Gasteiger partial charge on any atom is -0.508 e. The topological polar surface area (TPSA) is 40.5 Å². The average molecular weight is 302 g/mol. The maximum Gasteiger partial charge on any atom is 0.250 e. The van der Waals surface area contributed by atoms with Crippen molar-refractivity contribution in [1.29, 1.82) is 0 Å². The largest absolute Gasteiger partial charge is 0.508 e. The highest BCUT2D eigenvalue weighted by atomic mass is 35.5. The lowest BCUT2D eigenvalue weighted by Crippen LogP contribution is -2.28. The van der Waals surface area contributed by atoms with Crippen LogP contribution in [0, 0.1) is 0 Å². The second-order valence-electron chi connectivity index (χ2n) is 4.49. The SMILES string of the molecule is CCN(C(=O)/C=C/c1ccc(Cl)cc1)c1cccc(O)c1. The number of halogens is 1. The Morgan fingerprint density at radius 2 is 1.95 bits per heavy atom. The molecule has 0 saturated heterocycles. The van der Waals surface area contributed by atoms with Crippen molar-refractivity contribution in [1.82, 2.24) is 0 Å². The van der Waals surface area contributed by atoms with E-state index in [1.54, 1.807) is 47.4 Å². The summed E-state index contributed by atoms with van der Waals surface area (Å²) in [5, 5.41) is 10.2. The van der Waals surface area contributed by atoms with E-state index in [-0.39, 0.29) is 11.7 Å². The van der Waals surface area contributed by atoms with Crippen LogP contribution < -0.4 is 4.90 Å². The number of amides is 1. The molecule has 21 heavy (non-hydrogen) atoms. The highest BCUT2D eigenvalue weighted by Crippen LogP contribution is 2.20. The quantitative estimate of drug-likeness (QED) is 0.863. The number of rotatable bonds is 4. The van der Waals surface area contributed by atoms with Gasteiger partial charge in [0.1, 0.15) is 5.75 Å². The third-order valence-electron chi connectivity index (χ3n) is 3.01. The van der Waals surface area contributed by atoms with Crippen molar-refractivity contribution >= 4 is 29.3 Å². The van der Waals surface area contributed by atoms with Crippen molar-refractivity contribution in [3.8, 4) is 5.75 Å². The molecule has 3 nitrogen and oxygen atoms in total. The Hall–Kier alpha value is -2.26. The fourth-order valence-corrected chi connectivity index (χ4v) is 2.08. The van der Waals surface area contributed by atoms with Crippen LogP contribution in [0.4, 0.5) is 5.69 Å². The molecule has 0 aliphatic carbocycles. The van der Waals surface area contributed by atoms with Gasteiger partial charge in [-0.25, -0.2) is 0 Å². The van der Waals surface area contributed by atoms with Gasteiger partial charge in [0.05, 0.1) is 0 Å². The van der Waals surface area contributed by atoms with Crippen LogP contribution in [-0.4, -0.2) is 17.6 Å². The van der Waals surface area contributed by atoms with E-state index in [9.17, 15) is 9.90 Å². The summed E-state index contributed by atoms with van der Waals surface area (Å²) in [6.45, 7) is 2.41. The molecule has 1 amide bonds. The molecule has 4 heteroatoms. The second-order valence-corrected chi connectivity index (χ2v) is 4.92. The van der Waals surface area contributed by atoms with E-state index in [1.807, 2.05) is 19.1 Å². The van der Waals surface area contributed by atoms with E-state index in [2.05, 4.69) is 0 Å². The molecule has 0 aliphatic heterocycles. The van der Waals surface area contributed by atoms with Gasteiger partial charge < -0.3 is 10.0 Å². The summed E-state index contributed by atoms with van der Waals surface area (Å²) < 4.78 is 0. The van der Waals surface area contributed by atoms with Crippen molar-refractivity contribution < 1.29 is 9.90 Å². The number of aromatic hydroxyl groups is 1. The first-order valence-electron chi connectivity index (χ1n) is 6.64. The van der Waals surface area contributed by atoms with Crippen molar-refractivity contribution in [2.24, 2.45) is 0 Å². The number of likely N-dealkylation sites (N-methyl/N-ethyl adjacent to an activating group) is 1. The van der Waals surface area contributed by atoms with Gasteiger partial charge in [-0.1, -0.05) is 29.8 Å². The first-order chi connectivity index (χ1) is 10.1. The third-order valence-corrected chi connectivity index (χ3v) is 3.26. The first kappa shape index (κ1) is 15.1. The zero-order chi connectivity index (χ0) is 15.2. The molecule has 108 valence electrons. The number of carbonyl (C=O) groups is 1. The minimum atomic E-state index is -0.141. The zero-order valence-corrected chi connectivity index (χ0v) is 12.4. The third kappa shape index (κ3) is 4.10. The van der Waals surface area contributed by atoms with Gasteiger partial charge in [0.2, 0.25) is 0 Å². The average Bonchev–Trinajstić information content (AvgIpc) is 2.47. The van der Waals surface area contributed by atoms with Crippen LogP contribution >= 0.6 is 11.6 Å². The molecule has 0 heterocycles. The summed E-state index contributed by atoms with van der Waals surface area (Å²) >= 11 is 5.82. The predicted molar refractivity (Wildman–Crippen MR) is 86.6 cm³/mol. The second kappa shape index (κ2) is 6.95. The fourth-order valence-electron chi connectivity index (χ4n) is 1.96. The van der Waals surface area contributed by atoms with Crippen molar-refractivity contribution in [2.75, 3.05) is 11.4 Å². The van der Waals surface area contributed by atoms with Crippen molar-refractivity contribution in [3.63, 3.8) is 0 Å². The predicted octanol–water partition coefficient (Wildman–Crippen LogP) is 4.11. The Morgan fingerprint density at radius 1 is 1.24 bits per heavy atom. The highest BCUT2D eigenvalue weighted by molar-refractivity contribution is 6.30. The molecule has 2 rings (SSSR count). The standard InChI is InChI=1S/C17H16ClNO2/c1-2-19(15-4-3-5-16(20)12-15)17(21)11-8-13-6-9-14(18)10-7-13/h3-12,20H,2H2,1H3/b11-8+. The summed E-state index contributed by atoms with van der Waals surface area (Å²) in [6, 6.07) is 13.9. The molecule has 2 aromatic rings. The molecule has 0 fully saturated rings. The number of carbonyl (C=O) groups excluding carboxylic acids is 1. The normalized spacial score (nSPS) is 10.8. The van der Waals surface area contributed by atoms with Crippen LogP contribution in [-0.2, 0) is 4.79 Å². The van der Waals surface area contributed by atoms with E-state index < -0.39 is 0 Å². The summed E-state index contributed by atoms with van der Waals surface area (Å²) in [6.07, 6.45) is 3.25. The summed E-state index contributed by atoms with van der Waals surface area (Å²) in [5.74, 6) is -0.00141. The molecule has 0 aliphatic rings. The van der Waals surface area contributed by atoms with Gasteiger partial charge in [0, 0.05) is 29.4 Å². The van der Waals surface area contributed by atoms with Gasteiger partial charge in [-0.3, -0.25) is 4.79 Å². The highest BCUT2D eigenvalue weighted by Gasteiger charge is 2.11. The number of phenolic OH excluding ortho intramolecular Hbond substituents is 1. The zero-order valence-electron chi connectivity index (χ0n) is 11.7. The van der Waals surface area contributed by atoms with Gasteiger partial charge >= 0.3 is 0 Å². The summed E-state index contributed by atoms with van der Waals surface area (Å²) in [5.41, 5.74) is 1.57. The van der Waals surface area contributed by atoms with Gasteiger partial charge in [-0.05, 0) is 42.8 Å². The minimum absolute atomic E-state index is 0.139. The van der Waals surface area contributed by atoms with Crippen LogP contribution in [0.5, 0.6) is 5.75 Å². The number of benzene rings is 2. The monoisotopic (exact) mass is 301 g/mol. The fraction of sp³-hybridized carbons (Fsp3) is 0.118. The van der Waals surface area contributed by atoms with Crippen molar-refractivity contribution in [3.05, 3.63) is 65.2 Å². The smallest absolute Gasteiger partial charge is 0.250 e. The number of nitrogens with zero attached hydrogens (tertiary/aromatic N) is 1. The number of hydrogen-bond donors (Lipinski definition) is 1. The molecule has 0 atom stereocenters. The maximum absolute atomic E-state index is 12.3. The molecule has 0 radical (unpaired) electrons. The summed E-state index contributed by atoms with van der Waals surface area (Å²) in [4.78, 5) is 13.8. The van der Waals surface area contributed by atoms with Crippen LogP contribution in [0.15, 0.2) is 54.6 Å². The van der Waals surface area contributed by atoms with Gasteiger partial charge in [0.15, 0.2) is 0 Å². The van der Waals surface area contributed by atoms with Gasteiger partial charge in [-0.2, -0.15) is 0 Å². The van der Waals surface area contributed by atoms with Crippen LogP contribution in [0.1, 0.15) is 12.5 Å².